The standard InChI is InChI=1S/C29H27F4N5O4/c1-14(2)18-9-21-16(11-36-38-21)8-19(18)25(39)35-12-28(41,29(31,32)33)22-10-20-24(42-13-27(20,3)26(34)40)23(37-22)15-4-6-17(30)7-5-15/h4-11,14,41H,12-13H2,1-3H3,(H2,34,40)(H,35,39)(H,36,38)/t27-,28?/m0/s1. The van der Waals surface area contributed by atoms with Gasteiger partial charge in [-0.2, -0.15) is 18.3 Å². The van der Waals surface area contributed by atoms with E-state index in [0.29, 0.717) is 16.5 Å². The van der Waals surface area contributed by atoms with Crippen LogP contribution in [-0.2, 0) is 15.8 Å². The van der Waals surface area contributed by atoms with Crippen LogP contribution in [0.3, 0.4) is 0 Å². The Morgan fingerprint density at radius 3 is 2.50 bits per heavy atom. The number of aliphatic hydroxyl groups is 1. The van der Waals surface area contributed by atoms with E-state index < -0.39 is 47.1 Å². The zero-order valence-corrected chi connectivity index (χ0v) is 22.8. The van der Waals surface area contributed by atoms with Crippen molar-refractivity contribution in [2.45, 2.75) is 43.9 Å². The molecule has 0 spiro atoms. The summed E-state index contributed by atoms with van der Waals surface area (Å²) < 4.78 is 63.4. The van der Waals surface area contributed by atoms with Crippen molar-refractivity contribution >= 4 is 22.7 Å². The number of amides is 2. The fourth-order valence-electron chi connectivity index (χ4n) is 4.92. The van der Waals surface area contributed by atoms with Crippen molar-refractivity contribution in [3.63, 3.8) is 0 Å². The number of ether oxygens (including phenoxy) is 1. The van der Waals surface area contributed by atoms with E-state index in [9.17, 15) is 32.3 Å². The van der Waals surface area contributed by atoms with Crippen molar-refractivity contribution in [1.29, 1.82) is 0 Å². The number of pyridine rings is 1. The Bertz CT molecular complexity index is 1700. The van der Waals surface area contributed by atoms with Gasteiger partial charge in [0.05, 0.1) is 24.0 Å². The van der Waals surface area contributed by atoms with Gasteiger partial charge in [0.15, 0.2) is 0 Å². The number of alkyl halides is 3. The SMILES string of the molecule is CC(C)c1cc2[nH]ncc2cc1C(=O)NCC(O)(c1cc2c(c(-c3ccc(F)cc3)n1)OC[C@]2(C)C(N)=O)C(F)(F)F. The zero-order valence-electron chi connectivity index (χ0n) is 22.8. The van der Waals surface area contributed by atoms with Crippen molar-refractivity contribution in [2.24, 2.45) is 5.73 Å². The van der Waals surface area contributed by atoms with Gasteiger partial charge < -0.3 is 20.9 Å². The number of aromatic nitrogens is 3. The number of fused-ring (bicyclic) bond motifs is 2. The predicted molar refractivity (Wildman–Crippen MR) is 144 cm³/mol. The molecule has 9 nitrogen and oxygen atoms in total. The highest BCUT2D eigenvalue weighted by Crippen LogP contribution is 2.47. The molecule has 2 aromatic carbocycles. The Morgan fingerprint density at radius 1 is 1.19 bits per heavy atom. The molecule has 4 aromatic rings. The van der Waals surface area contributed by atoms with Gasteiger partial charge in [-0.1, -0.05) is 13.8 Å². The fourth-order valence-corrected chi connectivity index (χ4v) is 4.92. The van der Waals surface area contributed by atoms with Crippen LogP contribution in [0.1, 0.15) is 53.9 Å². The summed E-state index contributed by atoms with van der Waals surface area (Å²) in [6.45, 7) is 3.45. The van der Waals surface area contributed by atoms with Gasteiger partial charge in [0.25, 0.3) is 5.91 Å². The molecule has 3 heterocycles. The summed E-state index contributed by atoms with van der Waals surface area (Å²) in [6.07, 6.45) is -3.86. The van der Waals surface area contributed by atoms with Gasteiger partial charge >= 0.3 is 6.18 Å². The second-order valence-corrected chi connectivity index (χ2v) is 10.8. The Morgan fingerprint density at radius 2 is 1.88 bits per heavy atom. The van der Waals surface area contributed by atoms with E-state index in [2.05, 4.69) is 20.5 Å². The molecule has 2 amide bonds. The van der Waals surface area contributed by atoms with Gasteiger partial charge in [0, 0.05) is 22.1 Å². The molecule has 1 unspecified atom stereocenters. The number of nitrogens with one attached hydrogen (secondary N) is 2. The van der Waals surface area contributed by atoms with Gasteiger partial charge in [-0.15, -0.1) is 0 Å². The third-order valence-corrected chi connectivity index (χ3v) is 7.61. The lowest BCUT2D eigenvalue weighted by Gasteiger charge is -2.31. The molecule has 0 saturated carbocycles. The number of aromatic amines is 1. The number of carbonyl (C=O) groups excluding carboxylic acids is 2. The van der Waals surface area contributed by atoms with Gasteiger partial charge in [-0.25, -0.2) is 9.37 Å². The number of carbonyl (C=O) groups is 2. The highest BCUT2D eigenvalue weighted by molar-refractivity contribution is 6.00. The molecule has 2 atom stereocenters. The van der Waals surface area contributed by atoms with Crippen LogP contribution in [0.2, 0.25) is 0 Å². The predicted octanol–water partition coefficient (Wildman–Crippen LogP) is 4.20. The lowest BCUT2D eigenvalue weighted by Crippen LogP contribution is -2.52. The summed E-state index contributed by atoms with van der Waals surface area (Å²) in [5.74, 6) is -2.51. The molecule has 1 aliphatic heterocycles. The molecule has 42 heavy (non-hydrogen) atoms. The fraction of sp³-hybridized carbons (Fsp3) is 0.310. The number of nitrogens with two attached hydrogens (primary N) is 1. The van der Waals surface area contributed by atoms with Crippen LogP contribution in [0, 0.1) is 5.82 Å². The number of nitrogens with zero attached hydrogens (tertiary/aromatic N) is 2. The molecule has 5 N–H and O–H groups in total. The zero-order chi connectivity index (χ0) is 30.6. The molecule has 1 aliphatic rings. The van der Waals surface area contributed by atoms with Gasteiger partial charge in [-0.3, -0.25) is 14.7 Å². The Labute approximate surface area is 237 Å². The van der Waals surface area contributed by atoms with Crippen molar-refractivity contribution in [3.8, 4) is 17.0 Å². The topological polar surface area (TPSA) is 143 Å². The lowest BCUT2D eigenvalue weighted by molar-refractivity contribution is -0.265. The Hall–Kier alpha value is -4.52. The molecule has 2 aromatic heterocycles. The average Bonchev–Trinajstić information content (AvgIpc) is 3.54. The number of H-pyrrole nitrogens is 1. The molecule has 5 rings (SSSR count). The van der Waals surface area contributed by atoms with E-state index >= 15 is 0 Å². The lowest BCUT2D eigenvalue weighted by atomic mass is 9.81. The minimum atomic E-state index is -5.33. The average molecular weight is 586 g/mol. The monoisotopic (exact) mass is 585 g/mol. The van der Waals surface area contributed by atoms with E-state index in [4.69, 9.17) is 10.5 Å². The largest absolute Gasteiger partial charge is 0.489 e. The van der Waals surface area contributed by atoms with Crippen molar-refractivity contribution in [2.75, 3.05) is 13.2 Å². The summed E-state index contributed by atoms with van der Waals surface area (Å²) in [7, 11) is 0. The molecule has 0 fully saturated rings. The minimum absolute atomic E-state index is 0.0183. The third-order valence-electron chi connectivity index (χ3n) is 7.61. The second kappa shape index (κ2) is 10.1. The first-order chi connectivity index (χ1) is 19.7. The minimum Gasteiger partial charge on any atom is -0.489 e. The van der Waals surface area contributed by atoms with E-state index in [1.165, 1.54) is 31.3 Å². The molecule has 0 radical (unpaired) electrons. The number of rotatable bonds is 7. The van der Waals surface area contributed by atoms with Crippen LogP contribution in [0.15, 0.2) is 48.7 Å². The molecule has 0 bridgehead atoms. The summed E-state index contributed by atoms with van der Waals surface area (Å²) >= 11 is 0. The summed E-state index contributed by atoms with van der Waals surface area (Å²) in [5.41, 5.74) is 0.753. The van der Waals surface area contributed by atoms with Crippen molar-refractivity contribution < 1.29 is 37.0 Å². The van der Waals surface area contributed by atoms with Crippen LogP contribution < -0.4 is 15.8 Å². The van der Waals surface area contributed by atoms with Crippen LogP contribution in [0.25, 0.3) is 22.2 Å². The van der Waals surface area contributed by atoms with E-state index in [0.717, 1.165) is 18.2 Å². The maximum atomic E-state index is 14.7. The van der Waals surface area contributed by atoms with Gasteiger partial charge in [-0.05, 0) is 60.9 Å². The highest BCUT2D eigenvalue weighted by atomic mass is 19.4. The summed E-state index contributed by atoms with van der Waals surface area (Å²) in [6, 6.07) is 8.83. The van der Waals surface area contributed by atoms with E-state index in [-0.39, 0.29) is 40.7 Å². The van der Waals surface area contributed by atoms with E-state index in [1.54, 1.807) is 6.07 Å². The second-order valence-electron chi connectivity index (χ2n) is 10.8. The molecule has 0 aliphatic carbocycles. The number of primary amides is 1. The molecule has 0 saturated heterocycles. The normalized spacial score (nSPS) is 18.0. The van der Waals surface area contributed by atoms with Crippen molar-refractivity contribution in [1.82, 2.24) is 20.5 Å². The smallest absolute Gasteiger partial charge is 0.424 e. The number of halogens is 4. The summed E-state index contributed by atoms with van der Waals surface area (Å²) in [4.78, 5) is 29.8. The first kappa shape index (κ1) is 29.0. The van der Waals surface area contributed by atoms with Crippen LogP contribution in [0.5, 0.6) is 5.75 Å². The van der Waals surface area contributed by atoms with Crippen LogP contribution >= 0.6 is 0 Å². The van der Waals surface area contributed by atoms with E-state index in [1.807, 2.05) is 13.8 Å². The molecule has 220 valence electrons. The maximum absolute atomic E-state index is 14.7. The maximum Gasteiger partial charge on any atom is 0.424 e. The van der Waals surface area contributed by atoms with Gasteiger partial charge in [0.2, 0.25) is 11.5 Å². The molecular weight excluding hydrogens is 558 g/mol. The molecular formula is C29H27F4N5O4. The third kappa shape index (κ3) is 4.73. The quantitative estimate of drug-likeness (QED) is 0.240. The highest BCUT2D eigenvalue weighted by Gasteiger charge is 2.57. The Kier molecular flexibility index (Phi) is 6.96. The Balaban J connectivity index is 1.61. The molecule has 13 heteroatoms. The van der Waals surface area contributed by atoms with Crippen LogP contribution in [-0.4, -0.2) is 51.4 Å². The van der Waals surface area contributed by atoms with Gasteiger partial charge in [0.1, 0.15) is 29.3 Å². The number of hydrogen-bond acceptors (Lipinski definition) is 6. The summed E-state index contributed by atoms with van der Waals surface area (Å²) in [5, 5.41) is 20.8. The van der Waals surface area contributed by atoms with Crippen LogP contribution in [0.4, 0.5) is 17.6 Å². The van der Waals surface area contributed by atoms with Crippen molar-refractivity contribution in [3.05, 3.63) is 76.9 Å². The first-order valence-electron chi connectivity index (χ1n) is 12.9. The number of benzene rings is 2. The number of hydrogen-bond donors (Lipinski definition) is 4. The first-order valence-corrected chi connectivity index (χ1v) is 12.9.